The largest absolute Gasteiger partial charge is 0.447 e. The van der Waals surface area contributed by atoms with Gasteiger partial charge in [0.2, 0.25) is 0 Å². The lowest BCUT2D eigenvalue weighted by Crippen LogP contribution is -2.31. The van der Waals surface area contributed by atoms with E-state index in [-0.39, 0.29) is 5.54 Å². The quantitative estimate of drug-likeness (QED) is 0.672. The van der Waals surface area contributed by atoms with E-state index in [9.17, 15) is 0 Å². The van der Waals surface area contributed by atoms with Crippen LogP contribution in [0.4, 0.5) is 0 Å². The van der Waals surface area contributed by atoms with Gasteiger partial charge in [0, 0.05) is 0 Å². The molecule has 10 heavy (non-hydrogen) atoms. The molecule has 3 heteroatoms. The van der Waals surface area contributed by atoms with Crippen LogP contribution < -0.4 is 5.73 Å². The monoisotopic (exact) mass is 140 g/mol. The van der Waals surface area contributed by atoms with Crippen molar-refractivity contribution in [3.8, 4) is 0 Å². The third kappa shape index (κ3) is 1.19. The van der Waals surface area contributed by atoms with Crippen molar-refractivity contribution in [3.63, 3.8) is 0 Å². The normalized spacial score (nSPS) is 16.7. The van der Waals surface area contributed by atoms with Gasteiger partial charge in [0.05, 0.1) is 11.7 Å². The first-order chi connectivity index (χ1) is 4.67. The lowest BCUT2D eigenvalue weighted by atomic mass is 9.98. The molecule has 0 amide bonds. The van der Waals surface area contributed by atoms with Crippen molar-refractivity contribution in [2.75, 3.05) is 0 Å². The number of nitrogens with zero attached hydrogens (tertiary/aromatic N) is 1. The molecule has 0 aliphatic heterocycles. The second-order valence-electron chi connectivity index (χ2n) is 2.64. The molecule has 1 rings (SSSR count). The van der Waals surface area contributed by atoms with Crippen LogP contribution in [0.3, 0.4) is 0 Å². The fraction of sp³-hybridized carbons (Fsp3) is 0.571. The van der Waals surface area contributed by atoms with Gasteiger partial charge in [-0.05, 0) is 13.3 Å². The van der Waals surface area contributed by atoms with Crippen molar-refractivity contribution >= 4 is 0 Å². The van der Waals surface area contributed by atoms with Crippen molar-refractivity contribution in [2.45, 2.75) is 25.8 Å². The number of aromatic nitrogens is 1. The summed E-state index contributed by atoms with van der Waals surface area (Å²) in [6.45, 7) is 3.94. The van der Waals surface area contributed by atoms with E-state index in [1.54, 1.807) is 6.20 Å². The zero-order valence-corrected chi connectivity index (χ0v) is 6.29. The van der Waals surface area contributed by atoms with E-state index in [0.717, 1.165) is 12.2 Å². The lowest BCUT2D eigenvalue weighted by molar-refractivity contribution is 0.358. The standard InChI is InChI=1S/C7H12N2O/c1-3-7(2,8)6-4-9-5-10-6/h4-5H,3,8H2,1-2H3. The molecular formula is C7H12N2O. The van der Waals surface area contributed by atoms with E-state index >= 15 is 0 Å². The van der Waals surface area contributed by atoms with E-state index in [4.69, 9.17) is 10.2 Å². The number of rotatable bonds is 2. The minimum atomic E-state index is -0.365. The SMILES string of the molecule is CCC(C)(N)c1cnco1. The molecular weight excluding hydrogens is 128 g/mol. The number of hydrogen-bond acceptors (Lipinski definition) is 3. The highest BCUT2D eigenvalue weighted by atomic mass is 16.3. The highest BCUT2D eigenvalue weighted by molar-refractivity contribution is 5.03. The topological polar surface area (TPSA) is 52.0 Å². The van der Waals surface area contributed by atoms with Crippen LogP contribution >= 0.6 is 0 Å². The van der Waals surface area contributed by atoms with Crippen LogP contribution in [0.5, 0.6) is 0 Å². The van der Waals surface area contributed by atoms with Crippen molar-refractivity contribution < 1.29 is 4.42 Å². The second-order valence-corrected chi connectivity index (χ2v) is 2.64. The molecule has 0 saturated heterocycles. The van der Waals surface area contributed by atoms with Crippen molar-refractivity contribution in [1.82, 2.24) is 4.98 Å². The molecule has 0 radical (unpaired) electrons. The van der Waals surface area contributed by atoms with E-state index in [1.807, 2.05) is 13.8 Å². The average molecular weight is 140 g/mol. The number of nitrogens with two attached hydrogens (primary N) is 1. The van der Waals surface area contributed by atoms with Gasteiger partial charge in [0.15, 0.2) is 6.39 Å². The van der Waals surface area contributed by atoms with E-state index in [1.165, 1.54) is 6.39 Å². The van der Waals surface area contributed by atoms with Gasteiger partial charge in [-0.3, -0.25) is 0 Å². The highest BCUT2D eigenvalue weighted by Crippen LogP contribution is 2.19. The first kappa shape index (κ1) is 7.28. The summed E-state index contributed by atoms with van der Waals surface area (Å²) in [7, 11) is 0. The summed E-state index contributed by atoms with van der Waals surface area (Å²) in [5, 5.41) is 0. The minimum absolute atomic E-state index is 0.365. The molecule has 1 unspecified atom stereocenters. The highest BCUT2D eigenvalue weighted by Gasteiger charge is 2.21. The zero-order chi connectivity index (χ0) is 7.61. The Morgan fingerprint density at radius 3 is 2.90 bits per heavy atom. The fourth-order valence-electron chi connectivity index (χ4n) is 0.672. The van der Waals surface area contributed by atoms with E-state index < -0.39 is 0 Å². The Balaban J connectivity index is 2.85. The Hall–Kier alpha value is -0.830. The van der Waals surface area contributed by atoms with Crippen molar-refractivity contribution in [2.24, 2.45) is 5.73 Å². The summed E-state index contributed by atoms with van der Waals surface area (Å²) in [6, 6.07) is 0. The minimum Gasteiger partial charge on any atom is -0.447 e. The Kier molecular flexibility index (Phi) is 1.76. The van der Waals surface area contributed by atoms with Gasteiger partial charge >= 0.3 is 0 Å². The van der Waals surface area contributed by atoms with Gasteiger partial charge in [-0.25, -0.2) is 4.98 Å². The molecule has 1 aromatic heterocycles. The zero-order valence-electron chi connectivity index (χ0n) is 6.29. The molecule has 0 aliphatic carbocycles. The van der Waals surface area contributed by atoms with Gasteiger partial charge in [0.1, 0.15) is 5.76 Å². The van der Waals surface area contributed by atoms with Crippen LogP contribution in [-0.2, 0) is 5.54 Å². The molecule has 1 aromatic rings. The maximum atomic E-state index is 5.85. The van der Waals surface area contributed by atoms with Gasteiger partial charge in [-0.1, -0.05) is 6.92 Å². The average Bonchev–Trinajstić information content (AvgIpc) is 2.38. The van der Waals surface area contributed by atoms with Crippen LogP contribution in [0.1, 0.15) is 26.0 Å². The van der Waals surface area contributed by atoms with Crippen molar-refractivity contribution in [3.05, 3.63) is 18.4 Å². The molecule has 56 valence electrons. The van der Waals surface area contributed by atoms with Crippen molar-refractivity contribution in [1.29, 1.82) is 0 Å². The smallest absolute Gasteiger partial charge is 0.180 e. The molecule has 0 spiro atoms. The second kappa shape index (κ2) is 2.42. The summed E-state index contributed by atoms with van der Waals surface area (Å²) in [5.41, 5.74) is 5.48. The van der Waals surface area contributed by atoms with Gasteiger partial charge in [-0.15, -0.1) is 0 Å². The van der Waals surface area contributed by atoms with E-state index in [0.29, 0.717) is 0 Å². The molecule has 0 fully saturated rings. The summed E-state index contributed by atoms with van der Waals surface area (Å²) in [6.07, 6.45) is 3.90. The van der Waals surface area contributed by atoms with Gasteiger partial charge < -0.3 is 10.2 Å². The third-order valence-electron chi connectivity index (χ3n) is 1.73. The molecule has 0 bridgehead atoms. The fourth-order valence-corrected chi connectivity index (χ4v) is 0.672. The van der Waals surface area contributed by atoms with Crippen LogP contribution in [0.15, 0.2) is 17.0 Å². The van der Waals surface area contributed by atoms with Crippen LogP contribution in [0.25, 0.3) is 0 Å². The van der Waals surface area contributed by atoms with Gasteiger partial charge in [0.25, 0.3) is 0 Å². The van der Waals surface area contributed by atoms with Gasteiger partial charge in [-0.2, -0.15) is 0 Å². The predicted octanol–water partition coefficient (Wildman–Crippen LogP) is 1.26. The molecule has 1 atom stereocenters. The van der Waals surface area contributed by atoms with E-state index in [2.05, 4.69) is 4.98 Å². The predicted molar refractivity (Wildman–Crippen MR) is 38.3 cm³/mol. The Labute approximate surface area is 60.2 Å². The van der Waals surface area contributed by atoms with Crippen LogP contribution in [0.2, 0.25) is 0 Å². The summed E-state index contributed by atoms with van der Waals surface area (Å²) >= 11 is 0. The molecule has 2 N–H and O–H groups in total. The first-order valence-electron chi connectivity index (χ1n) is 3.34. The summed E-state index contributed by atoms with van der Waals surface area (Å²) in [5.74, 6) is 0.745. The summed E-state index contributed by atoms with van der Waals surface area (Å²) < 4.78 is 5.05. The Bertz CT molecular complexity index is 191. The van der Waals surface area contributed by atoms with Crippen LogP contribution in [0, 0.1) is 0 Å². The summed E-state index contributed by atoms with van der Waals surface area (Å²) in [4.78, 5) is 3.79. The maximum absolute atomic E-state index is 5.85. The molecule has 0 aromatic carbocycles. The molecule has 0 aliphatic rings. The molecule has 1 heterocycles. The molecule has 0 saturated carbocycles. The molecule has 3 nitrogen and oxygen atoms in total. The van der Waals surface area contributed by atoms with Crippen LogP contribution in [-0.4, -0.2) is 4.98 Å². The Morgan fingerprint density at radius 1 is 1.80 bits per heavy atom. The maximum Gasteiger partial charge on any atom is 0.180 e. The Morgan fingerprint density at radius 2 is 2.50 bits per heavy atom. The lowest BCUT2D eigenvalue weighted by Gasteiger charge is -2.18. The number of hydrogen-bond donors (Lipinski definition) is 1. The third-order valence-corrected chi connectivity index (χ3v) is 1.73. The number of oxazole rings is 1. The first-order valence-corrected chi connectivity index (χ1v) is 3.34.